The number of H-pyrrole nitrogens is 4. The average Bonchev–Trinajstić information content (AvgIpc) is 2.67. The summed E-state index contributed by atoms with van der Waals surface area (Å²) >= 11 is 0. The number of hydrogen-bond acceptors (Lipinski definition) is 0. The normalized spacial score (nSPS) is 11.8. The van der Waals surface area contributed by atoms with Gasteiger partial charge in [0, 0.05) is 0 Å². The Bertz CT molecular complexity index is 1270. The summed E-state index contributed by atoms with van der Waals surface area (Å²) in [6, 6.07) is 25.3. The molecule has 0 spiro atoms. The number of rotatable bonds is 0. The summed E-state index contributed by atoms with van der Waals surface area (Å²) < 4.78 is 0. The molecule has 4 heteroatoms. The van der Waals surface area contributed by atoms with Crippen molar-refractivity contribution in [1.29, 1.82) is 0 Å². The highest BCUT2D eigenvalue weighted by Crippen LogP contribution is 2.26. The van der Waals surface area contributed by atoms with Gasteiger partial charge >= 0.3 is 0 Å². The molecule has 0 aliphatic carbocycles. The summed E-state index contributed by atoms with van der Waals surface area (Å²) in [7, 11) is 0. The largest absolute Gasteiger partial charge is 0.352 e. The van der Waals surface area contributed by atoms with Gasteiger partial charge < -0.3 is 19.9 Å². The highest BCUT2D eigenvalue weighted by atomic mass is 14.8. The minimum atomic E-state index is 1.10. The zero-order valence-electron chi connectivity index (χ0n) is 13.9. The third-order valence-corrected chi connectivity index (χ3v) is 5.04. The molecule has 6 aromatic rings. The van der Waals surface area contributed by atoms with Crippen LogP contribution in [0.2, 0.25) is 0 Å². The molecule has 2 heterocycles. The molecule has 2 aromatic heterocycles. The van der Waals surface area contributed by atoms with Crippen molar-refractivity contribution in [2.75, 3.05) is 0 Å². The smallest absolute Gasteiger partial charge is 0.0630 e. The van der Waals surface area contributed by atoms with E-state index in [1.54, 1.807) is 0 Å². The lowest BCUT2D eigenvalue weighted by molar-refractivity contribution is 1.39. The van der Waals surface area contributed by atoms with Crippen molar-refractivity contribution in [2.24, 2.45) is 0 Å². The Hall–Kier alpha value is -3.66. The average molecular weight is 336 g/mol. The fourth-order valence-corrected chi connectivity index (χ4v) is 3.75. The second-order valence-electron chi connectivity index (χ2n) is 6.73. The van der Waals surface area contributed by atoms with Crippen molar-refractivity contribution >= 4 is 54.9 Å². The van der Waals surface area contributed by atoms with Crippen molar-refractivity contribution in [1.82, 2.24) is 19.9 Å². The van der Waals surface area contributed by atoms with E-state index in [2.05, 4.69) is 68.5 Å². The van der Waals surface area contributed by atoms with E-state index in [0.29, 0.717) is 0 Å². The van der Waals surface area contributed by atoms with E-state index < -0.39 is 0 Å². The van der Waals surface area contributed by atoms with Crippen molar-refractivity contribution in [2.45, 2.75) is 0 Å². The van der Waals surface area contributed by atoms with Gasteiger partial charge in [-0.3, -0.25) is 0 Å². The number of nitrogens with one attached hydrogen (secondary N) is 4. The molecule has 124 valence electrons. The maximum Gasteiger partial charge on any atom is 0.0630 e. The van der Waals surface area contributed by atoms with E-state index >= 15 is 0 Å². The van der Waals surface area contributed by atoms with E-state index in [1.165, 1.54) is 10.8 Å². The standard InChI is InChI=1S/C22H16N4/c1-2-6-16-15(5-1)23-19-9-13-11-21-22(12-14(13)10-20(19)24-16)26-18-8-4-3-7-17(18)25-21/h1-12,23-26H. The van der Waals surface area contributed by atoms with Gasteiger partial charge in [0.1, 0.15) is 0 Å². The summed E-state index contributed by atoms with van der Waals surface area (Å²) in [4.78, 5) is 14.1. The molecule has 0 aliphatic rings. The molecule has 4 aromatic carbocycles. The van der Waals surface area contributed by atoms with Crippen LogP contribution in [0.5, 0.6) is 0 Å². The SMILES string of the molecule is c1ccc2[nH]c3cc4cc5[nH]c6ccccc6[nH]c5cc4cc3[nH]c2c1. The lowest BCUT2D eigenvalue weighted by Crippen LogP contribution is -1.90. The van der Waals surface area contributed by atoms with Gasteiger partial charge in [-0.25, -0.2) is 0 Å². The molecule has 0 saturated carbocycles. The van der Waals surface area contributed by atoms with Gasteiger partial charge in [-0.05, 0) is 59.3 Å². The third-order valence-electron chi connectivity index (χ3n) is 5.04. The van der Waals surface area contributed by atoms with Gasteiger partial charge in [0.05, 0.1) is 44.1 Å². The van der Waals surface area contributed by atoms with Crippen LogP contribution in [0.25, 0.3) is 54.9 Å². The second kappa shape index (κ2) is 4.92. The minimum absolute atomic E-state index is 1.10. The predicted molar refractivity (Wildman–Crippen MR) is 109 cm³/mol. The Balaban J connectivity index is 1.72. The number of aromatic nitrogens is 4. The maximum absolute atomic E-state index is 3.53. The van der Waals surface area contributed by atoms with Crippen LogP contribution in [-0.4, -0.2) is 19.9 Å². The number of benzene rings is 4. The highest BCUT2D eigenvalue weighted by Gasteiger charge is 2.05. The number of fused-ring (bicyclic) bond motifs is 5. The Kier molecular flexibility index (Phi) is 2.58. The maximum atomic E-state index is 3.53. The van der Waals surface area contributed by atoms with Crippen molar-refractivity contribution < 1.29 is 0 Å². The van der Waals surface area contributed by atoms with E-state index in [-0.39, 0.29) is 0 Å². The zero-order valence-corrected chi connectivity index (χ0v) is 13.9. The minimum Gasteiger partial charge on any atom is -0.352 e. The molecule has 0 unspecified atom stereocenters. The topological polar surface area (TPSA) is 63.2 Å². The summed E-state index contributed by atoms with van der Waals surface area (Å²) in [5, 5.41) is 2.40. The lowest BCUT2D eigenvalue weighted by Gasteiger charge is -2.09. The van der Waals surface area contributed by atoms with Gasteiger partial charge in [-0.1, -0.05) is 24.3 Å². The zero-order chi connectivity index (χ0) is 17.1. The molecule has 0 radical (unpaired) electrons. The molecule has 26 heavy (non-hydrogen) atoms. The van der Waals surface area contributed by atoms with Gasteiger partial charge in [0.25, 0.3) is 0 Å². The van der Waals surface area contributed by atoms with Gasteiger partial charge in [0.2, 0.25) is 0 Å². The van der Waals surface area contributed by atoms with Crippen molar-refractivity contribution in [3.8, 4) is 0 Å². The van der Waals surface area contributed by atoms with Crippen LogP contribution in [0.4, 0.5) is 0 Å². The first-order valence-electron chi connectivity index (χ1n) is 8.71. The molecule has 0 atom stereocenters. The summed E-state index contributed by atoms with van der Waals surface area (Å²) in [5.74, 6) is 0. The number of para-hydroxylation sites is 4. The molecule has 0 saturated heterocycles. The van der Waals surface area contributed by atoms with Crippen LogP contribution in [0.15, 0.2) is 72.8 Å². The quantitative estimate of drug-likeness (QED) is 0.250. The van der Waals surface area contributed by atoms with Gasteiger partial charge in [0.15, 0.2) is 0 Å². The molecular weight excluding hydrogens is 320 g/mol. The van der Waals surface area contributed by atoms with Crippen LogP contribution >= 0.6 is 0 Å². The van der Waals surface area contributed by atoms with Crippen LogP contribution < -0.4 is 0 Å². The van der Waals surface area contributed by atoms with E-state index in [4.69, 9.17) is 0 Å². The van der Waals surface area contributed by atoms with Crippen molar-refractivity contribution in [3.05, 3.63) is 72.8 Å². The molecule has 0 aliphatic heterocycles. The Morgan fingerprint density at radius 1 is 0.346 bits per heavy atom. The molecule has 0 bridgehead atoms. The van der Waals surface area contributed by atoms with E-state index in [9.17, 15) is 0 Å². The molecule has 0 fully saturated rings. The molecule has 0 amide bonds. The van der Waals surface area contributed by atoms with Crippen LogP contribution in [0.3, 0.4) is 0 Å². The number of aromatic amines is 4. The second-order valence-corrected chi connectivity index (χ2v) is 6.73. The number of hydrogen-bond donors (Lipinski definition) is 4. The Morgan fingerprint density at radius 2 is 0.615 bits per heavy atom. The molecular formula is C22H16N4. The monoisotopic (exact) mass is 336 g/mol. The molecule has 4 nitrogen and oxygen atoms in total. The summed E-state index contributed by atoms with van der Waals surface area (Å²) in [5.41, 5.74) is 8.80. The first-order chi connectivity index (χ1) is 12.8. The lowest BCUT2D eigenvalue weighted by atomic mass is 10.1. The van der Waals surface area contributed by atoms with Crippen LogP contribution in [0, 0.1) is 0 Å². The summed E-state index contributed by atoms with van der Waals surface area (Å²) in [6.07, 6.45) is 0. The van der Waals surface area contributed by atoms with Gasteiger partial charge in [-0.15, -0.1) is 0 Å². The third kappa shape index (κ3) is 1.96. The summed E-state index contributed by atoms with van der Waals surface area (Å²) in [6.45, 7) is 0. The predicted octanol–water partition coefficient (Wildman–Crippen LogP) is 5.89. The first kappa shape index (κ1) is 13.6. The fraction of sp³-hybridized carbons (Fsp3) is 0. The van der Waals surface area contributed by atoms with Crippen LogP contribution in [-0.2, 0) is 0 Å². The molecule has 4 N–H and O–H groups in total. The van der Waals surface area contributed by atoms with E-state index in [0.717, 1.165) is 44.1 Å². The first-order valence-corrected chi connectivity index (χ1v) is 8.71. The fourth-order valence-electron chi connectivity index (χ4n) is 3.75. The Labute approximate surface area is 148 Å². The Morgan fingerprint density at radius 3 is 0.885 bits per heavy atom. The van der Waals surface area contributed by atoms with Crippen LogP contribution in [0.1, 0.15) is 0 Å². The van der Waals surface area contributed by atoms with E-state index in [1.807, 2.05) is 24.3 Å². The van der Waals surface area contributed by atoms with Crippen molar-refractivity contribution in [3.63, 3.8) is 0 Å². The highest BCUT2D eigenvalue weighted by molar-refractivity contribution is 6.03. The molecule has 6 rings (SSSR count). The van der Waals surface area contributed by atoms with Gasteiger partial charge in [-0.2, -0.15) is 0 Å².